The molecule has 3 aromatic rings. The molecule has 1 N–H and O–H groups in total. The van der Waals surface area contributed by atoms with Gasteiger partial charge in [-0.25, -0.2) is 8.42 Å². The highest BCUT2D eigenvalue weighted by molar-refractivity contribution is 7.92. The van der Waals surface area contributed by atoms with Crippen molar-refractivity contribution in [1.29, 1.82) is 0 Å². The smallest absolute Gasteiger partial charge is 0.245 e. The van der Waals surface area contributed by atoms with Gasteiger partial charge >= 0.3 is 0 Å². The molecule has 0 saturated carbocycles. The number of carbonyl (C=O) groups is 1. The number of sulfonamides is 1. The highest BCUT2D eigenvalue weighted by Gasteiger charge is 2.23. The van der Waals surface area contributed by atoms with Gasteiger partial charge in [0.15, 0.2) is 0 Å². The average Bonchev–Trinajstić information content (AvgIpc) is 2.65. The van der Waals surface area contributed by atoms with Crippen LogP contribution < -0.4 is 14.4 Å². The third-order valence-corrected chi connectivity index (χ3v) is 5.48. The second-order valence-corrected chi connectivity index (χ2v) is 8.43. The number of rotatable bonds is 6. The van der Waals surface area contributed by atoms with Crippen LogP contribution in [0.5, 0.6) is 5.75 Å². The van der Waals surface area contributed by atoms with Gasteiger partial charge in [-0.05, 0) is 36.1 Å². The quantitative estimate of drug-likeness (QED) is 0.689. The van der Waals surface area contributed by atoms with E-state index in [1.165, 1.54) is 7.11 Å². The molecule has 0 aliphatic rings. The fraction of sp³-hybridized carbons (Fsp3) is 0.190. The molecular formula is C21H22N2O4S. The minimum Gasteiger partial charge on any atom is -0.495 e. The van der Waals surface area contributed by atoms with Crippen molar-refractivity contribution in [3.63, 3.8) is 0 Å². The molecular weight excluding hydrogens is 376 g/mol. The minimum absolute atomic E-state index is 0.343. The Morgan fingerprint density at radius 3 is 2.50 bits per heavy atom. The summed E-state index contributed by atoms with van der Waals surface area (Å²) in [6, 6.07) is 18.2. The maximum absolute atomic E-state index is 12.7. The Bertz CT molecular complexity index is 1120. The van der Waals surface area contributed by atoms with Gasteiger partial charge in [-0.3, -0.25) is 9.10 Å². The number of benzene rings is 3. The monoisotopic (exact) mass is 398 g/mol. The number of anilines is 2. The molecule has 28 heavy (non-hydrogen) atoms. The zero-order valence-electron chi connectivity index (χ0n) is 16.0. The standard InChI is InChI=1S/C21H22N2O4S/c1-15-11-12-20(27-2)18(13-15)22-21(24)14-23(28(3,25)26)19-10-6-8-16-7-4-5-9-17(16)19/h4-13H,14H2,1-3H3,(H,22,24). The van der Waals surface area contributed by atoms with Crippen LogP contribution >= 0.6 is 0 Å². The Morgan fingerprint density at radius 2 is 1.79 bits per heavy atom. The molecule has 1 amide bonds. The van der Waals surface area contributed by atoms with E-state index in [1.807, 2.05) is 43.3 Å². The number of hydrogen-bond donors (Lipinski definition) is 1. The van der Waals surface area contributed by atoms with E-state index in [1.54, 1.807) is 24.3 Å². The van der Waals surface area contributed by atoms with Gasteiger partial charge in [0.2, 0.25) is 15.9 Å². The maximum atomic E-state index is 12.7. The molecule has 0 aromatic heterocycles. The molecule has 0 fully saturated rings. The van der Waals surface area contributed by atoms with Crippen LogP contribution in [0.4, 0.5) is 11.4 Å². The van der Waals surface area contributed by atoms with Crippen molar-refractivity contribution >= 4 is 38.1 Å². The molecule has 3 aromatic carbocycles. The van der Waals surface area contributed by atoms with E-state index < -0.39 is 15.9 Å². The van der Waals surface area contributed by atoms with Crippen molar-refractivity contribution in [2.75, 3.05) is 29.5 Å². The van der Waals surface area contributed by atoms with Crippen LogP contribution in [0.25, 0.3) is 10.8 Å². The van der Waals surface area contributed by atoms with Crippen LogP contribution in [0, 0.1) is 6.92 Å². The molecule has 0 saturated heterocycles. The van der Waals surface area contributed by atoms with Crippen LogP contribution in [-0.2, 0) is 14.8 Å². The third kappa shape index (κ3) is 4.26. The molecule has 0 aliphatic heterocycles. The van der Waals surface area contributed by atoms with E-state index in [9.17, 15) is 13.2 Å². The third-order valence-electron chi connectivity index (χ3n) is 4.35. The number of fused-ring (bicyclic) bond motifs is 1. The Kier molecular flexibility index (Phi) is 5.56. The molecule has 7 heteroatoms. The normalized spacial score (nSPS) is 11.2. The summed E-state index contributed by atoms with van der Waals surface area (Å²) in [5.74, 6) is 0.0530. The average molecular weight is 398 g/mol. The summed E-state index contributed by atoms with van der Waals surface area (Å²) >= 11 is 0. The van der Waals surface area contributed by atoms with Gasteiger partial charge in [0.25, 0.3) is 0 Å². The molecule has 0 radical (unpaired) electrons. The molecule has 146 valence electrons. The number of nitrogens with zero attached hydrogens (tertiary/aromatic N) is 1. The van der Waals surface area contributed by atoms with Crippen molar-refractivity contribution in [1.82, 2.24) is 0 Å². The maximum Gasteiger partial charge on any atom is 0.245 e. The van der Waals surface area contributed by atoms with E-state index in [0.29, 0.717) is 17.1 Å². The van der Waals surface area contributed by atoms with Gasteiger partial charge in [0, 0.05) is 5.39 Å². The van der Waals surface area contributed by atoms with E-state index in [4.69, 9.17) is 4.74 Å². The SMILES string of the molecule is COc1ccc(C)cc1NC(=O)CN(c1cccc2ccccc12)S(C)(=O)=O. The second kappa shape index (κ2) is 7.90. The molecule has 0 bridgehead atoms. The summed E-state index contributed by atoms with van der Waals surface area (Å²) in [5, 5.41) is 4.41. The highest BCUT2D eigenvalue weighted by atomic mass is 32.2. The molecule has 0 aliphatic carbocycles. The number of carbonyl (C=O) groups excluding carboxylic acids is 1. The van der Waals surface area contributed by atoms with Crippen LogP contribution in [-0.4, -0.2) is 34.2 Å². The van der Waals surface area contributed by atoms with Crippen molar-refractivity contribution in [2.24, 2.45) is 0 Å². The fourth-order valence-corrected chi connectivity index (χ4v) is 3.91. The van der Waals surface area contributed by atoms with Crippen molar-refractivity contribution in [3.8, 4) is 5.75 Å². The summed E-state index contributed by atoms with van der Waals surface area (Å²) in [5.41, 5.74) is 1.91. The molecule has 0 atom stereocenters. The van der Waals surface area contributed by atoms with Crippen LogP contribution in [0.1, 0.15) is 5.56 Å². The van der Waals surface area contributed by atoms with Crippen molar-refractivity contribution in [3.05, 3.63) is 66.2 Å². The number of nitrogens with one attached hydrogen (secondary N) is 1. The molecule has 0 unspecified atom stereocenters. The first-order valence-corrected chi connectivity index (χ1v) is 10.5. The zero-order chi connectivity index (χ0) is 20.3. The largest absolute Gasteiger partial charge is 0.495 e. The Labute approximate surface area is 164 Å². The van der Waals surface area contributed by atoms with Gasteiger partial charge in [-0.15, -0.1) is 0 Å². The van der Waals surface area contributed by atoms with Crippen LogP contribution in [0.3, 0.4) is 0 Å². The summed E-state index contributed by atoms with van der Waals surface area (Å²) in [6.07, 6.45) is 1.09. The lowest BCUT2D eigenvalue weighted by Gasteiger charge is -2.23. The molecule has 0 heterocycles. The lowest BCUT2D eigenvalue weighted by molar-refractivity contribution is -0.114. The predicted octanol–water partition coefficient (Wildman–Crippen LogP) is 3.56. The van der Waals surface area contributed by atoms with E-state index in [2.05, 4.69) is 5.32 Å². The number of amides is 1. The first-order valence-electron chi connectivity index (χ1n) is 8.69. The molecule has 6 nitrogen and oxygen atoms in total. The van der Waals surface area contributed by atoms with E-state index in [0.717, 1.165) is 26.9 Å². The first kappa shape index (κ1) is 19.7. The van der Waals surface area contributed by atoms with Crippen LogP contribution in [0.15, 0.2) is 60.7 Å². The van der Waals surface area contributed by atoms with Gasteiger partial charge in [-0.2, -0.15) is 0 Å². The Balaban J connectivity index is 1.94. The number of methoxy groups -OCH3 is 1. The van der Waals surface area contributed by atoms with Gasteiger partial charge in [0.1, 0.15) is 12.3 Å². The summed E-state index contributed by atoms with van der Waals surface area (Å²) in [4.78, 5) is 12.7. The fourth-order valence-electron chi connectivity index (χ4n) is 3.05. The van der Waals surface area contributed by atoms with Crippen molar-refractivity contribution in [2.45, 2.75) is 6.92 Å². The topological polar surface area (TPSA) is 75.7 Å². The highest BCUT2D eigenvalue weighted by Crippen LogP contribution is 2.29. The molecule has 0 spiro atoms. The summed E-state index contributed by atoms with van der Waals surface area (Å²) in [7, 11) is -2.17. The van der Waals surface area contributed by atoms with Gasteiger partial charge in [-0.1, -0.05) is 42.5 Å². The Hall–Kier alpha value is -3.06. The Morgan fingerprint density at radius 1 is 1.07 bits per heavy atom. The first-order chi connectivity index (χ1) is 13.3. The predicted molar refractivity (Wildman–Crippen MR) is 112 cm³/mol. The summed E-state index contributed by atoms with van der Waals surface area (Å²) < 4.78 is 31.3. The van der Waals surface area contributed by atoms with Crippen molar-refractivity contribution < 1.29 is 17.9 Å². The van der Waals surface area contributed by atoms with Gasteiger partial charge in [0.05, 0.1) is 24.7 Å². The zero-order valence-corrected chi connectivity index (χ0v) is 16.8. The second-order valence-electron chi connectivity index (χ2n) is 6.52. The summed E-state index contributed by atoms with van der Waals surface area (Å²) in [6.45, 7) is 1.55. The lowest BCUT2D eigenvalue weighted by Crippen LogP contribution is -2.37. The van der Waals surface area contributed by atoms with Gasteiger partial charge < -0.3 is 10.1 Å². The minimum atomic E-state index is -3.68. The number of aryl methyl sites for hydroxylation is 1. The number of hydrogen-bond acceptors (Lipinski definition) is 4. The van der Waals surface area contributed by atoms with E-state index >= 15 is 0 Å². The molecule has 3 rings (SSSR count). The number of ether oxygens (including phenoxy) is 1. The van der Waals surface area contributed by atoms with E-state index in [-0.39, 0.29) is 6.54 Å². The lowest BCUT2D eigenvalue weighted by atomic mass is 10.1. The van der Waals surface area contributed by atoms with Crippen LogP contribution in [0.2, 0.25) is 0 Å².